The molecule has 0 spiro atoms. The van der Waals surface area contributed by atoms with E-state index in [1.807, 2.05) is 6.07 Å². The molecule has 18 heavy (non-hydrogen) atoms. The Hall–Kier alpha value is -2.54. The highest BCUT2D eigenvalue weighted by molar-refractivity contribution is 5.41. The summed E-state index contributed by atoms with van der Waals surface area (Å²) < 4.78 is 18.7. The quantitative estimate of drug-likeness (QED) is 0.842. The zero-order valence-electron chi connectivity index (χ0n) is 9.56. The molecule has 90 valence electrons. The van der Waals surface area contributed by atoms with Crippen LogP contribution in [0.15, 0.2) is 42.5 Å². The minimum Gasteiger partial charge on any atom is -0.489 e. The van der Waals surface area contributed by atoms with E-state index in [1.165, 1.54) is 12.1 Å². The molecule has 0 amide bonds. The molecule has 3 nitrogen and oxygen atoms in total. The third kappa shape index (κ3) is 2.77. The number of halogens is 1. The fraction of sp³-hybridized carbons (Fsp3) is 0.0714. The molecule has 4 heteroatoms. The molecule has 0 saturated carbocycles. The Bertz CT molecular complexity index is 588. The molecule has 0 heterocycles. The lowest BCUT2D eigenvalue weighted by molar-refractivity contribution is 0.305. The Labute approximate surface area is 104 Å². The van der Waals surface area contributed by atoms with Crippen LogP contribution in [0.25, 0.3) is 0 Å². The van der Waals surface area contributed by atoms with Crippen LogP contribution in [-0.2, 0) is 6.61 Å². The van der Waals surface area contributed by atoms with E-state index in [2.05, 4.69) is 0 Å². The van der Waals surface area contributed by atoms with E-state index in [0.717, 1.165) is 0 Å². The normalized spacial score (nSPS) is 9.78. The van der Waals surface area contributed by atoms with Crippen LogP contribution in [-0.4, -0.2) is 0 Å². The van der Waals surface area contributed by atoms with Crippen LogP contribution < -0.4 is 10.5 Å². The molecule has 0 aliphatic rings. The summed E-state index contributed by atoms with van der Waals surface area (Å²) in [6.45, 7) is 0.253. The van der Waals surface area contributed by atoms with E-state index in [-0.39, 0.29) is 12.3 Å². The molecule has 0 aliphatic carbocycles. The number of nitrogens with zero attached hydrogens (tertiary/aromatic N) is 1. The summed E-state index contributed by atoms with van der Waals surface area (Å²) in [5, 5.41) is 8.65. The van der Waals surface area contributed by atoms with Gasteiger partial charge in [-0.05, 0) is 42.0 Å². The molecule has 0 unspecified atom stereocenters. The highest BCUT2D eigenvalue weighted by Gasteiger charge is 2.01. The van der Waals surface area contributed by atoms with Gasteiger partial charge in [0.05, 0.1) is 17.3 Å². The van der Waals surface area contributed by atoms with Crippen molar-refractivity contribution < 1.29 is 9.13 Å². The lowest BCUT2D eigenvalue weighted by atomic mass is 10.2. The zero-order valence-corrected chi connectivity index (χ0v) is 9.56. The Morgan fingerprint density at radius 2 is 1.89 bits per heavy atom. The SMILES string of the molecule is N#Cc1ccc(OCc2ccc(N)c(F)c2)cc1. The first-order chi connectivity index (χ1) is 8.69. The summed E-state index contributed by atoms with van der Waals surface area (Å²) in [5.41, 5.74) is 6.77. The number of nitriles is 1. The molecule has 2 rings (SSSR count). The maximum absolute atomic E-state index is 13.2. The summed E-state index contributed by atoms with van der Waals surface area (Å²) in [5.74, 6) is 0.183. The fourth-order valence-corrected chi connectivity index (χ4v) is 1.45. The van der Waals surface area contributed by atoms with Crippen molar-refractivity contribution in [2.75, 3.05) is 5.73 Å². The first kappa shape index (κ1) is 11.9. The van der Waals surface area contributed by atoms with Crippen LogP contribution in [0, 0.1) is 17.1 Å². The van der Waals surface area contributed by atoms with Gasteiger partial charge >= 0.3 is 0 Å². The smallest absolute Gasteiger partial charge is 0.146 e. The molecule has 0 atom stereocenters. The maximum Gasteiger partial charge on any atom is 0.146 e. The van der Waals surface area contributed by atoms with E-state index in [0.29, 0.717) is 16.9 Å². The number of nitrogens with two attached hydrogens (primary N) is 1. The van der Waals surface area contributed by atoms with Gasteiger partial charge in [0.15, 0.2) is 0 Å². The monoisotopic (exact) mass is 242 g/mol. The molecule has 2 aromatic rings. The van der Waals surface area contributed by atoms with E-state index in [4.69, 9.17) is 15.7 Å². The Morgan fingerprint density at radius 1 is 1.17 bits per heavy atom. The van der Waals surface area contributed by atoms with Gasteiger partial charge in [-0.1, -0.05) is 6.07 Å². The lowest BCUT2D eigenvalue weighted by Gasteiger charge is -2.07. The van der Waals surface area contributed by atoms with Gasteiger partial charge in [-0.2, -0.15) is 5.26 Å². The van der Waals surface area contributed by atoms with Crippen molar-refractivity contribution in [3.05, 3.63) is 59.4 Å². The van der Waals surface area contributed by atoms with Gasteiger partial charge in [-0.15, -0.1) is 0 Å². The standard InChI is InChI=1S/C14H11FN2O/c15-13-7-11(3-6-14(13)17)9-18-12-4-1-10(8-16)2-5-12/h1-7H,9,17H2. The average Bonchev–Trinajstić information content (AvgIpc) is 2.41. The number of benzene rings is 2. The summed E-state index contributed by atoms with van der Waals surface area (Å²) >= 11 is 0. The predicted octanol–water partition coefficient (Wildman–Crippen LogP) is 2.86. The molecular formula is C14H11FN2O. The van der Waals surface area contributed by atoms with E-state index < -0.39 is 5.82 Å². The van der Waals surface area contributed by atoms with Crippen molar-refractivity contribution in [1.82, 2.24) is 0 Å². The lowest BCUT2D eigenvalue weighted by Crippen LogP contribution is -1.98. The van der Waals surface area contributed by atoms with Gasteiger partial charge in [-0.3, -0.25) is 0 Å². The number of ether oxygens (including phenoxy) is 1. The molecule has 0 aliphatic heterocycles. The Balaban J connectivity index is 2.02. The minimum atomic E-state index is -0.448. The Kier molecular flexibility index (Phi) is 3.44. The van der Waals surface area contributed by atoms with Gasteiger partial charge < -0.3 is 10.5 Å². The summed E-state index contributed by atoms with van der Waals surface area (Å²) in [6, 6.07) is 13.3. The van der Waals surface area contributed by atoms with Crippen LogP contribution in [0.4, 0.5) is 10.1 Å². The molecule has 0 aromatic heterocycles. The number of hydrogen-bond donors (Lipinski definition) is 1. The number of anilines is 1. The second-order valence-electron chi connectivity index (χ2n) is 3.78. The maximum atomic E-state index is 13.2. The van der Waals surface area contributed by atoms with Gasteiger partial charge in [-0.25, -0.2) is 4.39 Å². The van der Waals surface area contributed by atoms with Crippen molar-refractivity contribution in [3.63, 3.8) is 0 Å². The first-order valence-corrected chi connectivity index (χ1v) is 5.36. The van der Waals surface area contributed by atoms with Crippen LogP contribution >= 0.6 is 0 Å². The topological polar surface area (TPSA) is 59.0 Å². The van der Waals surface area contributed by atoms with Gasteiger partial charge in [0.25, 0.3) is 0 Å². The van der Waals surface area contributed by atoms with Crippen molar-refractivity contribution in [2.45, 2.75) is 6.61 Å². The summed E-state index contributed by atoms with van der Waals surface area (Å²) in [4.78, 5) is 0. The first-order valence-electron chi connectivity index (χ1n) is 5.36. The van der Waals surface area contributed by atoms with Crippen LogP contribution in [0.5, 0.6) is 5.75 Å². The molecule has 0 bridgehead atoms. The number of hydrogen-bond acceptors (Lipinski definition) is 3. The van der Waals surface area contributed by atoms with Crippen molar-refractivity contribution in [1.29, 1.82) is 5.26 Å². The van der Waals surface area contributed by atoms with Gasteiger partial charge in [0.1, 0.15) is 18.2 Å². The van der Waals surface area contributed by atoms with E-state index >= 15 is 0 Å². The van der Waals surface area contributed by atoms with Crippen molar-refractivity contribution >= 4 is 5.69 Å². The molecule has 0 saturated heterocycles. The average molecular weight is 242 g/mol. The largest absolute Gasteiger partial charge is 0.489 e. The second-order valence-corrected chi connectivity index (χ2v) is 3.78. The number of nitrogen functional groups attached to an aromatic ring is 1. The molecular weight excluding hydrogens is 231 g/mol. The zero-order chi connectivity index (χ0) is 13.0. The fourth-order valence-electron chi connectivity index (χ4n) is 1.45. The third-order valence-electron chi connectivity index (χ3n) is 2.45. The van der Waals surface area contributed by atoms with Crippen LogP contribution in [0.3, 0.4) is 0 Å². The second kappa shape index (κ2) is 5.19. The minimum absolute atomic E-state index is 0.122. The highest BCUT2D eigenvalue weighted by atomic mass is 19.1. The van der Waals surface area contributed by atoms with E-state index in [9.17, 15) is 4.39 Å². The van der Waals surface area contributed by atoms with Crippen molar-refractivity contribution in [2.24, 2.45) is 0 Å². The predicted molar refractivity (Wildman–Crippen MR) is 66.3 cm³/mol. The van der Waals surface area contributed by atoms with Crippen molar-refractivity contribution in [3.8, 4) is 11.8 Å². The van der Waals surface area contributed by atoms with Gasteiger partial charge in [0, 0.05) is 0 Å². The molecule has 0 radical (unpaired) electrons. The Morgan fingerprint density at radius 3 is 2.50 bits per heavy atom. The third-order valence-corrected chi connectivity index (χ3v) is 2.45. The van der Waals surface area contributed by atoms with Crippen LogP contribution in [0.1, 0.15) is 11.1 Å². The van der Waals surface area contributed by atoms with Crippen LogP contribution in [0.2, 0.25) is 0 Å². The van der Waals surface area contributed by atoms with E-state index in [1.54, 1.807) is 30.3 Å². The summed E-state index contributed by atoms with van der Waals surface area (Å²) in [7, 11) is 0. The van der Waals surface area contributed by atoms with Gasteiger partial charge in [0.2, 0.25) is 0 Å². The number of rotatable bonds is 3. The highest BCUT2D eigenvalue weighted by Crippen LogP contribution is 2.16. The molecule has 2 N–H and O–H groups in total. The molecule has 0 fully saturated rings. The summed E-state index contributed by atoms with van der Waals surface area (Å²) in [6.07, 6.45) is 0. The molecule has 2 aromatic carbocycles.